The predicted octanol–water partition coefficient (Wildman–Crippen LogP) is 3.39. The molecule has 1 aromatic rings. The fourth-order valence-electron chi connectivity index (χ4n) is 4.01. The van der Waals surface area contributed by atoms with Crippen LogP contribution in [0.2, 0.25) is 0 Å². The topological polar surface area (TPSA) is 67.7 Å². The van der Waals surface area contributed by atoms with Crippen LogP contribution in [0.15, 0.2) is 0 Å². The van der Waals surface area contributed by atoms with Gasteiger partial charge in [-0.05, 0) is 48.0 Å². The van der Waals surface area contributed by atoms with Crippen LogP contribution in [-0.4, -0.2) is 62.9 Å². The average Bonchev–Trinajstić information content (AvgIpc) is 2.84. The van der Waals surface area contributed by atoms with Crippen molar-refractivity contribution in [1.29, 1.82) is 0 Å². The Bertz CT molecular complexity index is 720. The third kappa shape index (κ3) is 4.86. The molecule has 0 bridgehead atoms. The molecule has 1 fully saturated rings. The van der Waals surface area contributed by atoms with E-state index in [1.165, 1.54) is 0 Å². The average molecular weight is 393 g/mol. The Morgan fingerprint density at radius 1 is 1.25 bits per heavy atom. The lowest BCUT2D eigenvalue weighted by atomic mass is 9.95. The summed E-state index contributed by atoms with van der Waals surface area (Å²) in [7, 11) is 1.91. The molecule has 0 saturated carbocycles. The molecule has 2 heterocycles. The van der Waals surface area contributed by atoms with Crippen LogP contribution < -0.4 is 0 Å². The first-order chi connectivity index (χ1) is 13.0. The maximum absolute atomic E-state index is 13.4. The van der Waals surface area contributed by atoms with Crippen molar-refractivity contribution in [3.63, 3.8) is 0 Å². The number of hydrogen-bond acceptors (Lipinski definition) is 4. The summed E-state index contributed by atoms with van der Waals surface area (Å²) in [4.78, 5) is 29.5. The zero-order valence-electron chi connectivity index (χ0n) is 18.7. The maximum Gasteiger partial charge on any atom is 0.410 e. The number of piperazine rings is 1. The summed E-state index contributed by atoms with van der Waals surface area (Å²) in [6.45, 7) is 15.2. The largest absolute Gasteiger partial charge is 0.444 e. The molecule has 1 aliphatic rings. The van der Waals surface area contributed by atoms with Gasteiger partial charge in [-0.2, -0.15) is 5.10 Å². The Balaban J connectivity index is 2.16. The van der Waals surface area contributed by atoms with E-state index in [1.807, 2.05) is 58.2 Å². The lowest BCUT2D eigenvalue weighted by Gasteiger charge is -2.42. The lowest BCUT2D eigenvalue weighted by molar-refractivity contribution is -0.137. The highest BCUT2D eigenvalue weighted by Crippen LogP contribution is 2.27. The Hall–Kier alpha value is -2.05. The normalized spacial score (nSPS) is 18.9. The smallest absolute Gasteiger partial charge is 0.410 e. The van der Waals surface area contributed by atoms with Gasteiger partial charge in [0, 0.05) is 44.0 Å². The molecule has 0 radical (unpaired) electrons. The molecule has 1 saturated heterocycles. The summed E-state index contributed by atoms with van der Waals surface area (Å²) < 4.78 is 7.35. The van der Waals surface area contributed by atoms with Crippen molar-refractivity contribution in [2.24, 2.45) is 7.05 Å². The number of hydrogen-bond donors (Lipinski definition) is 0. The highest BCUT2D eigenvalue weighted by atomic mass is 16.6. The molecule has 0 aliphatic carbocycles. The van der Waals surface area contributed by atoms with E-state index in [1.54, 1.807) is 4.90 Å². The zero-order chi connectivity index (χ0) is 21.2. The van der Waals surface area contributed by atoms with Gasteiger partial charge in [0.15, 0.2) is 0 Å². The molecule has 0 N–H and O–H groups in total. The second-order valence-corrected chi connectivity index (χ2v) is 8.83. The number of aromatic nitrogens is 2. The number of aryl methyl sites for hydroxylation is 2. The van der Waals surface area contributed by atoms with Gasteiger partial charge in [-0.3, -0.25) is 9.48 Å². The van der Waals surface area contributed by atoms with Crippen molar-refractivity contribution in [3.8, 4) is 0 Å². The summed E-state index contributed by atoms with van der Waals surface area (Å²) >= 11 is 0. The second-order valence-electron chi connectivity index (χ2n) is 8.83. The Kier molecular flexibility index (Phi) is 6.78. The number of carbonyl (C=O) groups excluding carboxylic acids is 2. The molecule has 0 aromatic carbocycles. The highest BCUT2D eigenvalue weighted by molar-refractivity contribution is 5.84. The van der Waals surface area contributed by atoms with Gasteiger partial charge in [0.2, 0.25) is 5.91 Å². The molecule has 0 spiro atoms. The first-order valence-electron chi connectivity index (χ1n) is 10.2. The molecule has 158 valence electrons. The minimum atomic E-state index is -0.520. The van der Waals surface area contributed by atoms with Crippen LogP contribution in [-0.2, 0) is 16.6 Å². The third-order valence-corrected chi connectivity index (χ3v) is 5.41. The fraction of sp³-hybridized carbons (Fsp3) is 0.762. The second kappa shape index (κ2) is 8.53. The number of rotatable bonds is 4. The molecule has 2 rings (SSSR count). The summed E-state index contributed by atoms with van der Waals surface area (Å²) in [5.41, 5.74) is 2.42. The molecule has 7 heteroatoms. The van der Waals surface area contributed by atoms with E-state index in [0.717, 1.165) is 29.8 Å². The number of amides is 2. The van der Waals surface area contributed by atoms with Crippen LogP contribution in [0.3, 0.4) is 0 Å². The maximum atomic E-state index is 13.4. The SMILES string of the molecule is CCC[C@H]1CN(C(=O)OC(C)(C)C)CCN1C(=O)[C@@H](C)c1c(C)nn(C)c1C. The van der Waals surface area contributed by atoms with Crippen molar-refractivity contribution in [1.82, 2.24) is 19.6 Å². The Morgan fingerprint density at radius 2 is 1.89 bits per heavy atom. The number of carbonyl (C=O) groups is 2. The highest BCUT2D eigenvalue weighted by Gasteiger charge is 2.36. The van der Waals surface area contributed by atoms with Crippen molar-refractivity contribution in [2.75, 3.05) is 19.6 Å². The summed E-state index contributed by atoms with van der Waals surface area (Å²) in [5, 5.41) is 4.46. The van der Waals surface area contributed by atoms with Gasteiger partial charge in [0.25, 0.3) is 0 Å². The van der Waals surface area contributed by atoms with E-state index in [2.05, 4.69) is 12.0 Å². The zero-order valence-corrected chi connectivity index (χ0v) is 18.7. The Morgan fingerprint density at radius 3 is 2.39 bits per heavy atom. The minimum Gasteiger partial charge on any atom is -0.444 e. The molecule has 7 nitrogen and oxygen atoms in total. The van der Waals surface area contributed by atoms with E-state index in [4.69, 9.17) is 4.74 Å². The first kappa shape index (κ1) is 22.2. The van der Waals surface area contributed by atoms with E-state index < -0.39 is 5.60 Å². The van der Waals surface area contributed by atoms with E-state index >= 15 is 0 Å². The van der Waals surface area contributed by atoms with Gasteiger partial charge >= 0.3 is 6.09 Å². The number of ether oxygens (including phenoxy) is 1. The summed E-state index contributed by atoms with van der Waals surface area (Å²) in [6.07, 6.45) is 1.52. The lowest BCUT2D eigenvalue weighted by Crippen LogP contribution is -2.57. The van der Waals surface area contributed by atoms with Crippen LogP contribution in [0, 0.1) is 13.8 Å². The summed E-state index contributed by atoms with van der Waals surface area (Å²) in [6, 6.07) is 0.0125. The molecule has 1 aliphatic heterocycles. The van der Waals surface area contributed by atoms with Gasteiger partial charge < -0.3 is 14.5 Å². The summed E-state index contributed by atoms with van der Waals surface area (Å²) in [5.74, 6) is -0.136. The van der Waals surface area contributed by atoms with Crippen molar-refractivity contribution in [3.05, 3.63) is 17.0 Å². The van der Waals surface area contributed by atoms with Gasteiger partial charge in [0.1, 0.15) is 5.60 Å². The van der Waals surface area contributed by atoms with Crippen LogP contribution in [0.1, 0.15) is 70.3 Å². The van der Waals surface area contributed by atoms with Crippen molar-refractivity contribution in [2.45, 2.75) is 78.9 Å². The van der Waals surface area contributed by atoms with Crippen LogP contribution in [0.4, 0.5) is 4.79 Å². The minimum absolute atomic E-state index is 0.0125. The van der Waals surface area contributed by atoms with Crippen molar-refractivity contribution >= 4 is 12.0 Å². The van der Waals surface area contributed by atoms with Gasteiger partial charge in [-0.25, -0.2) is 4.79 Å². The predicted molar refractivity (Wildman–Crippen MR) is 109 cm³/mol. The molecule has 1 aromatic heterocycles. The van der Waals surface area contributed by atoms with Gasteiger partial charge in [-0.15, -0.1) is 0 Å². The monoisotopic (exact) mass is 392 g/mol. The van der Waals surface area contributed by atoms with E-state index in [-0.39, 0.29) is 24.0 Å². The fourth-order valence-corrected chi connectivity index (χ4v) is 4.01. The third-order valence-electron chi connectivity index (χ3n) is 5.41. The molecule has 28 heavy (non-hydrogen) atoms. The Labute approximate surface area is 169 Å². The van der Waals surface area contributed by atoms with Crippen LogP contribution in [0.25, 0.3) is 0 Å². The number of nitrogens with zero attached hydrogens (tertiary/aromatic N) is 4. The first-order valence-corrected chi connectivity index (χ1v) is 10.2. The van der Waals surface area contributed by atoms with Crippen LogP contribution in [0.5, 0.6) is 0 Å². The van der Waals surface area contributed by atoms with E-state index in [0.29, 0.717) is 19.6 Å². The molecular weight excluding hydrogens is 356 g/mol. The molecule has 2 amide bonds. The van der Waals surface area contributed by atoms with Gasteiger partial charge in [0.05, 0.1) is 11.6 Å². The van der Waals surface area contributed by atoms with Gasteiger partial charge in [-0.1, -0.05) is 13.3 Å². The van der Waals surface area contributed by atoms with Crippen LogP contribution >= 0.6 is 0 Å². The quantitative estimate of drug-likeness (QED) is 0.788. The molecular formula is C21H36N4O3. The molecule has 0 unspecified atom stereocenters. The van der Waals surface area contributed by atoms with E-state index in [9.17, 15) is 9.59 Å². The van der Waals surface area contributed by atoms with Crippen molar-refractivity contribution < 1.29 is 14.3 Å². The molecule has 2 atom stereocenters. The standard InChI is InChI=1S/C21H36N4O3/c1-9-10-17-13-24(20(27)28-21(5,6)7)11-12-25(17)19(26)14(2)18-15(3)22-23(8)16(18)4/h14,17H,9-13H2,1-8H3/t14-,17-/m0/s1.